The molecule has 0 radical (unpaired) electrons. The van der Waals surface area contributed by atoms with Crippen molar-refractivity contribution in [1.29, 1.82) is 0 Å². The van der Waals surface area contributed by atoms with Gasteiger partial charge in [0, 0.05) is 18.3 Å². The number of benzene rings is 2. The van der Waals surface area contributed by atoms with Crippen molar-refractivity contribution in [3.63, 3.8) is 0 Å². The second kappa shape index (κ2) is 5.40. The molecule has 0 saturated carbocycles. The topological polar surface area (TPSA) is 47.3 Å². The highest BCUT2D eigenvalue weighted by atomic mass is 19.1. The van der Waals surface area contributed by atoms with E-state index in [1.54, 1.807) is 31.4 Å². The minimum absolute atomic E-state index is 0.233. The zero-order chi connectivity index (χ0) is 13.0. The van der Waals surface area contributed by atoms with Crippen LogP contribution >= 0.6 is 0 Å². The Morgan fingerprint density at radius 2 is 1.89 bits per heavy atom. The minimum atomic E-state index is -0.233. The number of nitrogen functional groups attached to an aromatic ring is 1. The van der Waals surface area contributed by atoms with Gasteiger partial charge < -0.3 is 15.8 Å². The van der Waals surface area contributed by atoms with Crippen LogP contribution in [0.4, 0.5) is 15.8 Å². The third-order valence-electron chi connectivity index (χ3n) is 2.62. The highest BCUT2D eigenvalue weighted by Crippen LogP contribution is 2.26. The predicted octanol–water partition coefficient (Wildman–Crippen LogP) is 3.03. The van der Waals surface area contributed by atoms with E-state index in [1.807, 2.05) is 6.07 Å². The monoisotopic (exact) mass is 246 g/mol. The highest BCUT2D eigenvalue weighted by molar-refractivity contribution is 5.62. The number of rotatable bonds is 4. The molecule has 0 unspecified atom stereocenters. The Balaban J connectivity index is 2.08. The Hall–Kier alpha value is -2.23. The molecule has 0 atom stereocenters. The lowest BCUT2D eigenvalue weighted by Gasteiger charge is -2.11. The summed E-state index contributed by atoms with van der Waals surface area (Å²) in [6.45, 7) is 0.598. The molecule has 0 aliphatic carbocycles. The summed E-state index contributed by atoms with van der Waals surface area (Å²) in [5, 5.41) is 3.22. The van der Waals surface area contributed by atoms with Crippen molar-refractivity contribution in [2.24, 2.45) is 0 Å². The van der Waals surface area contributed by atoms with E-state index in [0.29, 0.717) is 18.0 Å². The first kappa shape index (κ1) is 12.2. The molecule has 2 aromatic carbocycles. The maximum atomic E-state index is 12.8. The van der Waals surface area contributed by atoms with Gasteiger partial charge in [0.25, 0.3) is 0 Å². The minimum Gasteiger partial charge on any atom is -0.495 e. The standard InChI is InChI=1S/C14H15FN2O/c1-18-14-8-12(16)6-7-13(14)17-9-10-2-4-11(15)5-3-10/h2-8,17H,9,16H2,1H3. The molecule has 94 valence electrons. The number of hydrogen-bond donors (Lipinski definition) is 2. The largest absolute Gasteiger partial charge is 0.495 e. The van der Waals surface area contributed by atoms with Crippen molar-refractivity contribution in [3.05, 3.63) is 53.8 Å². The van der Waals surface area contributed by atoms with E-state index in [2.05, 4.69) is 5.32 Å². The summed E-state index contributed by atoms with van der Waals surface area (Å²) >= 11 is 0. The summed E-state index contributed by atoms with van der Waals surface area (Å²) in [6.07, 6.45) is 0. The molecule has 0 fully saturated rings. The smallest absolute Gasteiger partial charge is 0.144 e. The lowest BCUT2D eigenvalue weighted by atomic mass is 10.2. The maximum absolute atomic E-state index is 12.8. The molecule has 0 amide bonds. The van der Waals surface area contributed by atoms with Crippen LogP contribution in [0.2, 0.25) is 0 Å². The number of methoxy groups -OCH3 is 1. The number of hydrogen-bond acceptors (Lipinski definition) is 3. The Morgan fingerprint density at radius 1 is 1.17 bits per heavy atom. The summed E-state index contributed by atoms with van der Waals surface area (Å²) in [7, 11) is 1.60. The predicted molar refractivity (Wildman–Crippen MR) is 71.1 cm³/mol. The fourth-order valence-corrected chi connectivity index (χ4v) is 1.65. The fraction of sp³-hybridized carbons (Fsp3) is 0.143. The Morgan fingerprint density at radius 3 is 2.56 bits per heavy atom. The zero-order valence-corrected chi connectivity index (χ0v) is 10.1. The lowest BCUT2D eigenvalue weighted by molar-refractivity contribution is 0.416. The lowest BCUT2D eigenvalue weighted by Crippen LogP contribution is -2.02. The molecule has 18 heavy (non-hydrogen) atoms. The van der Waals surface area contributed by atoms with Crippen molar-refractivity contribution >= 4 is 11.4 Å². The van der Waals surface area contributed by atoms with Gasteiger partial charge in [-0.2, -0.15) is 0 Å². The molecule has 0 saturated heterocycles. The number of nitrogens with two attached hydrogens (primary N) is 1. The van der Waals surface area contributed by atoms with Gasteiger partial charge in [0.1, 0.15) is 11.6 Å². The van der Waals surface area contributed by atoms with Crippen LogP contribution in [0.15, 0.2) is 42.5 Å². The second-order valence-electron chi connectivity index (χ2n) is 3.94. The normalized spacial score (nSPS) is 10.1. The van der Waals surface area contributed by atoms with Crippen molar-refractivity contribution in [3.8, 4) is 5.75 Å². The van der Waals surface area contributed by atoms with Gasteiger partial charge in [-0.25, -0.2) is 4.39 Å². The van der Waals surface area contributed by atoms with E-state index in [1.165, 1.54) is 12.1 Å². The van der Waals surface area contributed by atoms with Crippen LogP contribution in [0.1, 0.15) is 5.56 Å². The van der Waals surface area contributed by atoms with E-state index in [0.717, 1.165) is 11.3 Å². The van der Waals surface area contributed by atoms with Gasteiger partial charge >= 0.3 is 0 Å². The average molecular weight is 246 g/mol. The van der Waals surface area contributed by atoms with Gasteiger partial charge in [0.05, 0.1) is 12.8 Å². The van der Waals surface area contributed by atoms with Crippen LogP contribution in [0.3, 0.4) is 0 Å². The number of ether oxygens (including phenoxy) is 1. The van der Waals surface area contributed by atoms with E-state index in [4.69, 9.17) is 10.5 Å². The summed E-state index contributed by atoms with van der Waals surface area (Å²) in [6, 6.07) is 11.8. The van der Waals surface area contributed by atoms with E-state index < -0.39 is 0 Å². The molecule has 0 bridgehead atoms. The molecule has 3 nitrogen and oxygen atoms in total. The van der Waals surface area contributed by atoms with Crippen molar-refractivity contribution in [1.82, 2.24) is 0 Å². The molecule has 0 spiro atoms. The zero-order valence-electron chi connectivity index (χ0n) is 10.1. The summed E-state index contributed by atoms with van der Waals surface area (Å²) in [5.41, 5.74) is 8.18. The van der Waals surface area contributed by atoms with Gasteiger partial charge in [-0.05, 0) is 29.8 Å². The second-order valence-corrected chi connectivity index (χ2v) is 3.94. The summed E-state index contributed by atoms with van der Waals surface area (Å²) < 4.78 is 18.0. The average Bonchev–Trinajstić information content (AvgIpc) is 2.39. The molecule has 2 aromatic rings. The Labute approximate surface area is 105 Å². The van der Waals surface area contributed by atoms with E-state index in [9.17, 15) is 4.39 Å². The third-order valence-corrected chi connectivity index (χ3v) is 2.62. The van der Waals surface area contributed by atoms with E-state index >= 15 is 0 Å². The van der Waals surface area contributed by atoms with Gasteiger partial charge in [0.15, 0.2) is 0 Å². The maximum Gasteiger partial charge on any atom is 0.144 e. The van der Waals surface area contributed by atoms with Gasteiger partial charge in [-0.3, -0.25) is 0 Å². The Kier molecular flexibility index (Phi) is 3.67. The molecule has 0 heterocycles. The van der Waals surface area contributed by atoms with Gasteiger partial charge in [-0.15, -0.1) is 0 Å². The summed E-state index contributed by atoms with van der Waals surface area (Å²) in [4.78, 5) is 0. The first-order valence-electron chi connectivity index (χ1n) is 5.61. The molecule has 2 rings (SSSR count). The van der Waals surface area contributed by atoms with Gasteiger partial charge in [-0.1, -0.05) is 12.1 Å². The first-order valence-corrected chi connectivity index (χ1v) is 5.61. The van der Waals surface area contributed by atoms with Crippen LogP contribution in [-0.4, -0.2) is 7.11 Å². The SMILES string of the molecule is COc1cc(N)ccc1NCc1ccc(F)cc1. The quantitative estimate of drug-likeness (QED) is 0.815. The summed E-state index contributed by atoms with van der Waals surface area (Å²) in [5.74, 6) is 0.459. The number of halogens is 1. The third kappa shape index (κ3) is 2.91. The van der Waals surface area contributed by atoms with Crippen LogP contribution < -0.4 is 15.8 Å². The van der Waals surface area contributed by atoms with Crippen LogP contribution in [-0.2, 0) is 6.54 Å². The number of anilines is 2. The highest BCUT2D eigenvalue weighted by Gasteiger charge is 2.03. The van der Waals surface area contributed by atoms with E-state index in [-0.39, 0.29) is 5.82 Å². The molecule has 4 heteroatoms. The van der Waals surface area contributed by atoms with Crippen LogP contribution in [0, 0.1) is 5.82 Å². The van der Waals surface area contributed by atoms with Gasteiger partial charge in [0.2, 0.25) is 0 Å². The van der Waals surface area contributed by atoms with Crippen molar-refractivity contribution in [2.75, 3.05) is 18.2 Å². The molecule has 0 aromatic heterocycles. The molecular weight excluding hydrogens is 231 g/mol. The molecule has 3 N–H and O–H groups in total. The first-order chi connectivity index (χ1) is 8.69. The molecule has 0 aliphatic rings. The van der Waals surface area contributed by atoms with Crippen molar-refractivity contribution < 1.29 is 9.13 Å². The molecular formula is C14H15FN2O. The Bertz CT molecular complexity index is 526. The number of nitrogens with one attached hydrogen (secondary N) is 1. The van der Waals surface area contributed by atoms with Crippen LogP contribution in [0.25, 0.3) is 0 Å². The van der Waals surface area contributed by atoms with Crippen LogP contribution in [0.5, 0.6) is 5.75 Å². The van der Waals surface area contributed by atoms with Crippen molar-refractivity contribution in [2.45, 2.75) is 6.54 Å². The fourth-order valence-electron chi connectivity index (χ4n) is 1.65. The molecule has 0 aliphatic heterocycles.